The molecule has 0 aliphatic heterocycles. The van der Waals surface area contributed by atoms with Crippen molar-refractivity contribution in [2.24, 2.45) is 0 Å². The van der Waals surface area contributed by atoms with E-state index in [1.54, 1.807) is 0 Å². The van der Waals surface area contributed by atoms with Crippen molar-refractivity contribution in [3.8, 4) is 33.4 Å². The van der Waals surface area contributed by atoms with Gasteiger partial charge in [0.15, 0.2) is 0 Å². The van der Waals surface area contributed by atoms with E-state index in [1.807, 2.05) is 0 Å². The monoisotopic (exact) mass is 328 g/mol. The highest BCUT2D eigenvalue weighted by Crippen LogP contribution is 2.50. The fourth-order valence-electron chi connectivity index (χ4n) is 4.41. The minimum atomic E-state index is 1.27. The van der Waals surface area contributed by atoms with Crippen LogP contribution < -0.4 is 0 Å². The second kappa shape index (κ2) is 5.06. The molecular weight excluding hydrogens is 312 g/mol. The maximum atomic E-state index is 2.36. The summed E-state index contributed by atoms with van der Waals surface area (Å²) in [5.74, 6) is 0. The molecule has 0 amide bonds. The first-order valence-electron chi connectivity index (χ1n) is 9.05. The third-order valence-electron chi connectivity index (χ3n) is 5.59. The Morgan fingerprint density at radius 2 is 1.19 bits per heavy atom. The lowest BCUT2D eigenvalue weighted by atomic mass is 9.95. The summed E-state index contributed by atoms with van der Waals surface area (Å²) >= 11 is 0. The lowest BCUT2D eigenvalue weighted by Gasteiger charge is -2.08. The lowest BCUT2D eigenvalue weighted by molar-refractivity contribution is 1.62. The first kappa shape index (κ1) is 13.9. The Morgan fingerprint density at radius 3 is 2.12 bits per heavy atom. The molecular formula is C26H16. The van der Waals surface area contributed by atoms with Crippen LogP contribution in [0.25, 0.3) is 54.9 Å². The maximum absolute atomic E-state index is 2.36. The second-order valence-electron chi connectivity index (χ2n) is 7.00. The van der Waals surface area contributed by atoms with Crippen molar-refractivity contribution < 1.29 is 0 Å². The predicted molar refractivity (Wildman–Crippen MR) is 111 cm³/mol. The third-order valence-corrected chi connectivity index (χ3v) is 5.59. The summed E-state index contributed by atoms with van der Waals surface area (Å²) in [6.07, 6.45) is 0. The molecule has 0 atom stereocenters. The van der Waals surface area contributed by atoms with Gasteiger partial charge in [-0.1, -0.05) is 84.9 Å². The number of rotatable bonds is 1. The fourth-order valence-corrected chi connectivity index (χ4v) is 4.41. The van der Waals surface area contributed by atoms with Crippen LogP contribution in [-0.2, 0) is 0 Å². The highest BCUT2D eigenvalue weighted by Gasteiger charge is 2.22. The summed E-state index contributed by atoms with van der Waals surface area (Å²) in [6.45, 7) is 0. The lowest BCUT2D eigenvalue weighted by Crippen LogP contribution is -1.81. The molecule has 1 aliphatic carbocycles. The molecule has 0 saturated heterocycles. The van der Waals surface area contributed by atoms with Crippen molar-refractivity contribution in [3.05, 3.63) is 97.1 Å². The van der Waals surface area contributed by atoms with Crippen LogP contribution in [0, 0.1) is 0 Å². The maximum Gasteiger partial charge on any atom is -0.00199 e. The smallest absolute Gasteiger partial charge is 0.00199 e. The molecule has 0 spiro atoms. The summed E-state index contributed by atoms with van der Waals surface area (Å²) in [7, 11) is 0. The van der Waals surface area contributed by atoms with Crippen molar-refractivity contribution in [2.75, 3.05) is 0 Å². The molecule has 26 heavy (non-hydrogen) atoms. The van der Waals surface area contributed by atoms with E-state index in [0.29, 0.717) is 0 Å². The summed E-state index contributed by atoms with van der Waals surface area (Å²) < 4.78 is 0. The van der Waals surface area contributed by atoms with Crippen molar-refractivity contribution in [3.63, 3.8) is 0 Å². The highest BCUT2D eigenvalue weighted by atomic mass is 14.3. The average Bonchev–Trinajstić information content (AvgIpc) is 3.03. The molecule has 0 unspecified atom stereocenters. The topological polar surface area (TPSA) is 0 Å². The van der Waals surface area contributed by atoms with Gasteiger partial charge in [0.1, 0.15) is 0 Å². The molecule has 0 heterocycles. The van der Waals surface area contributed by atoms with Crippen LogP contribution >= 0.6 is 0 Å². The Kier molecular flexibility index (Phi) is 2.70. The van der Waals surface area contributed by atoms with Gasteiger partial charge in [-0.3, -0.25) is 0 Å². The van der Waals surface area contributed by atoms with Gasteiger partial charge in [0.05, 0.1) is 0 Å². The molecule has 0 aromatic heterocycles. The first-order valence-corrected chi connectivity index (χ1v) is 9.05. The van der Waals surface area contributed by atoms with Crippen molar-refractivity contribution in [1.29, 1.82) is 0 Å². The van der Waals surface area contributed by atoms with E-state index in [-0.39, 0.29) is 0 Å². The quantitative estimate of drug-likeness (QED) is 0.278. The van der Waals surface area contributed by atoms with E-state index in [0.717, 1.165) is 0 Å². The molecule has 120 valence electrons. The van der Waals surface area contributed by atoms with Crippen LogP contribution in [0.4, 0.5) is 0 Å². The van der Waals surface area contributed by atoms with Crippen LogP contribution in [-0.4, -0.2) is 0 Å². The second-order valence-corrected chi connectivity index (χ2v) is 7.00. The van der Waals surface area contributed by atoms with E-state index in [1.165, 1.54) is 54.9 Å². The summed E-state index contributed by atoms with van der Waals surface area (Å²) in [4.78, 5) is 0. The molecule has 0 heteroatoms. The number of benzene rings is 5. The van der Waals surface area contributed by atoms with Crippen LogP contribution in [0.15, 0.2) is 97.1 Å². The van der Waals surface area contributed by atoms with Gasteiger partial charge in [0.2, 0.25) is 0 Å². The SMILES string of the molecule is c1ccc(-c2ccc3c(c2)-c2cc4ccccc4c4cccc-3c24)cc1. The zero-order chi connectivity index (χ0) is 17.1. The summed E-state index contributed by atoms with van der Waals surface area (Å²) in [5.41, 5.74) is 7.96. The van der Waals surface area contributed by atoms with Crippen molar-refractivity contribution in [2.45, 2.75) is 0 Å². The molecule has 0 fully saturated rings. The first-order chi connectivity index (χ1) is 12.9. The zero-order valence-corrected chi connectivity index (χ0v) is 14.2. The molecule has 0 N–H and O–H groups in total. The summed E-state index contributed by atoms with van der Waals surface area (Å²) in [5, 5.41) is 5.40. The van der Waals surface area contributed by atoms with E-state index in [9.17, 15) is 0 Å². The Bertz CT molecular complexity index is 1310. The molecule has 5 aromatic carbocycles. The summed E-state index contributed by atoms with van der Waals surface area (Å²) in [6, 6.07) is 35.3. The zero-order valence-electron chi connectivity index (χ0n) is 14.2. The van der Waals surface area contributed by atoms with Gasteiger partial charge in [-0.15, -0.1) is 0 Å². The van der Waals surface area contributed by atoms with Gasteiger partial charge in [0.25, 0.3) is 0 Å². The molecule has 6 rings (SSSR count). The van der Waals surface area contributed by atoms with Crippen LogP contribution in [0.5, 0.6) is 0 Å². The standard InChI is InChI=1S/C26H16/c1-2-7-17(8-3-1)18-13-14-21-23-12-6-11-22-20-10-5-4-9-19(20)16-25(26(22)23)24(21)15-18/h1-16H. The molecule has 0 bridgehead atoms. The van der Waals surface area contributed by atoms with Crippen molar-refractivity contribution >= 4 is 21.5 Å². The fraction of sp³-hybridized carbons (Fsp3) is 0. The largest absolute Gasteiger partial charge is 0.0622 e. The van der Waals surface area contributed by atoms with E-state index >= 15 is 0 Å². The Hall–Kier alpha value is -3.38. The van der Waals surface area contributed by atoms with Crippen LogP contribution in [0.2, 0.25) is 0 Å². The van der Waals surface area contributed by atoms with E-state index < -0.39 is 0 Å². The Balaban J connectivity index is 1.72. The van der Waals surface area contributed by atoms with Gasteiger partial charge in [-0.2, -0.15) is 0 Å². The van der Waals surface area contributed by atoms with Crippen molar-refractivity contribution in [1.82, 2.24) is 0 Å². The van der Waals surface area contributed by atoms with Gasteiger partial charge in [-0.05, 0) is 67.1 Å². The average molecular weight is 328 g/mol. The van der Waals surface area contributed by atoms with E-state index in [2.05, 4.69) is 97.1 Å². The molecule has 5 aromatic rings. The number of hydrogen-bond donors (Lipinski definition) is 0. The predicted octanol–water partition coefficient (Wildman–Crippen LogP) is 7.31. The number of fused-ring (bicyclic) bond motifs is 5. The Labute approximate surface area is 152 Å². The minimum absolute atomic E-state index is 1.27. The molecule has 0 radical (unpaired) electrons. The van der Waals surface area contributed by atoms with E-state index in [4.69, 9.17) is 0 Å². The Morgan fingerprint density at radius 1 is 0.385 bits per heavy atom. The molecule has 0 saturated carbocycles. The minimum Gasteiger partial charge on any atom is -0.0622 e. The molecule has 0 nitrogen and oxygen atoms in total. The van der Waals surface area contributed by atoms with Gasteiger partial charge in [-0.25, -0.2) is 0 Å². The molecule has 1 aliphatic rings. The van der Waals surface area contributed by atoms with Crippen LogP contribution in [0.3, 0.4) is 0 Å². The van der Waals surface area contributed by atoms with Gasteiger partial charge < -0.3 is 0 Å². The van der Waals surface area contributed by atoms with Gasteiger partial charge in [0, 0.05) is 0 Å². The van der Waals surface area contributed by atoms with Gasteiger partial charge >= 0.3 is 0 Å². The number of hydrogen-bond acceptors (Lipinski definition) is 0. The normalized spacial score (nSPS) is 11.8. The third kappa shape index (κ3) is 1.79. The highest BCUT2D eigenvalue weighted by molar-refractivity contribution is 6.23. The van der Waals surface area contributed by atoms with Crippen LogP contribution in [0.1, 0.15) is 0 Å².